The first kappa shape index (κ1) is 14.3. The first-order chi connectivity index (χ1) is 9.39. The van der Waals surface area contributed by atoms with Gasteiger partial charge in [0.2, 0.25) is 0 Å². The van der Waals surface area contributed by atoms with Gasteiger partial charge in [-0.15, -0.1) is 19.6 Å². The number of alkyl halides is 3. The molecule has 2 aromatic carbocycles. The Morgan fingerprint density at radius 1 is 1.00 bits per heavy atom. The summed E-state index contributed by atoms with van der Waals surface area (Å²) >= 11 is 5.77. The minimum Gasteiger partial charge on any atom is -0.404 e. The normalized spacial score (nSPS) is 10.9. The fourth-order valence-corrected chi connectivity index (χ4v) is 1.80. The average molecular weight is 297 g/mol. The first-order valence-electron chi connectivity index (χ1n) is 5.51. The Morgan fingerprint density at radius 3 is 2.15 bits per heavy atom. The van der Waals surface area contributed by atoms with Crippen molar-refractivity contribution in [3.8, 4) is 29.2 Å². The number of benzene rings is 2. The molecule has 0 saturated carbocycles. The zero-order chi connectivity index (χ0) is 14.8. The number of hydrogen-bond acceptors (Lipinski definition) is 1. The van der Waals surface area contributed by atoms with Crippen molar-refractivity contribution in [1.82, 2.24) is 0 Å². The summed E-state index contributed by atoms with van der Waals surface area (Å²) < 4.78 is 41.0. The van der Waals surface area contributed by atoms with Crippen molar-refractivity contribution in [1.29, 1.82) is 0 Å². The molecule has 0 aliphatic rings. The number of terminal acetylenes is 1. The van der Waals surface area contributed by atoms with Crippen molar-refractivity contribution < 1.29 is 17.9 Å². The fourth-order valence-electron chi connectivity index (χ4n) is 1.67. The largest absolute Gasteiger partial charge is 0.573 e. The molecule has 0 unspecified atom stereocenters. The molecule has 0 aliphatic heterocycles. The van der Waals surface area contributed by atoms with E-state index in [9.17, 15) is 13.2 Å². The lowest BCUT2D eigenvalue weighted by Crippen LogP contribution is -2.17. The Balaban J connectivity index is 2.44. The number of halogens is 4. The molecular formula is C15H8ClF3O. The lowest BCUT2D eigenvalue weighted by molar-refractivity contribution is -0.274. The van der Waals surface area contributed by atoms with E-state index in [1.165, 1.54) is 12.1 Å². The van der Waals surface area contributed by atoms with Gasteiger partial charge in [0.1, 0.15) is 5.75 Å². The minimum atomic E-state index is -4.79. The second kappa shape index (κ2) is 5.48. The Labute approximate surface area is 118 Å². The third-order valence-corrected chi connectivity index (χ3v) is 2.79. The van der Waals surface area contributed by atoms with Crippen LogP contribution in [0.15, 0.2) is 42.5 Å². The van der Waals surface area contributed by atoms with E-state index in [2.05, 4.69) is 10.7 Å². The molecular weight excluding hydrogens is 289 g/mol. The van der Waals surface area contributed by atoms with E-state index in [-0.39, 0.29) is 5.56 Å². The van der Waals surface area contributed by atoms with Crippen LogP contribution in [0.1, 0.15) is 5.56 Å². The van der Waals surface area contributed by atoms with Gasteiger partial charge in [-0.2, -0.15) is 0 Å². The first-order valence-corrected chi connectivity index (χ1v) is 5.89. The minimum absolute atomic E-state index is 0.0417. The summed E-state index contributed by atoms with van der Waals surface area (Å²) in [6.07, 6.45) is 0.376. The highest BCUT2D eigenvalue weighted by Gasteiger charge is 2.32. The smallest absolute Gasteiger partial charge is 0.404 e. The maximum Gasteiger partial charge on any atom is 0.573 e. The molecule has 0 saturated heterocycles. The van der Waals surface area contributed by atoms with E-state index in [1.807, 2.05) is 0 Å². The zero-order valence-corrected chi connectivity index (χ0v) is 10.8. The summed E-state index contributed by atoms with van der Waals surface area (Å²) in [4.78, 5) is 0. The van der Waals surface area contributed by atoms with Crippen LogP contribution in [0.3, 0.4) is 0 Å². The third kappa shape index (κ3) is 3.46. The topological polar surface area (TPSA) is 9.23 Å². The number of ether oxygens (including phenoxy) is 1. The summed E-state index contributed by atoms with van der Waals surface area (Å²) in [6.45, 7) is 0. The molecule has 5 heteroatoms. The van der Waals surface area contributed by atoms with E-state index < -0.39 is 12.1 Å². The van der Waals surface area contributed by atoms with Gasteiger partial charge in [-0.3, -0.25) is 0 Å². The molecule has 0 aliphatic carbocycles. The lowest BCUT2D eigenvalue weighted by Gasteiger charge is -2.12. The molecule has 2 aromatic rings. The fraction of sp³-hybridized carbons (Fsp3) is 0.0667. The van der Waals surface area contributed by atoms with Crippen molar-refractivity contribution in [2.75, 3.05) is 0 Å². The van der Waals surface area contributed by atoms with Gasteiger partial charge in [-0.05, 0) is 35.4 Å². The predicted octanol–water partition coefficient (Wildman–Crippen LogP) is 4.89. The van der Waals surface area contributed by atoms with Crippen LogP contribution in [0.4, 0.5) is 13.2 Å². The van der Waals surface area contributed by atoms with Gasteiger partial charge >= 0.3 is 6.36 Å². The van der Waals surface area contributed by atoms with Gasteiger partial charge < -0.3 is 4.74 Å². The van der Waals surface area contributed by atoms with Gasteiger partial charge in [0.25, 0.3) is 0 Å². The van der Waals surface area contributed by atoms with E-state index in [4.69, 9.17) is 18.0 Å². The summed E-state index contributed by atoms with van der Waals surface area (Å²) in [5, 5.41) is 0.542. The predicted molar refractivity (Wildman–Crippen MR) is 71.5 cm³/mol. The Morgan fingerprint density at radius 2 is 1.60 bits per heavy atom. The lowest BCUT2D eigenvalue weighted by atomic mass is 10.0. The van der Waals surface area contributed by atoms with Crippen LogP contribution in [0.5, 0.6) is 5.75 Å². The van der Waals surface area contributed by atoms with E-state index in [0.717, 1.165) is 0 Å². The molecule has 2 rings (SSSR count). The molecule has 1 nitrogen and oxygen atoms in total. The maximum absolute atomic E-state index is 12.3. The van der Waals surface area contributed by atoms with Crippen LogP contribution in [-0.4, -0.2) is 6.36 Å². The van der Waals surface area contributed by atoms with Crippen molar-refractivity contribution in [2.45, 2.75) is 6.36 Å². The van der Waals surface area contributed by atoms with Crippen molar-refractivity contribution in [3.05, 3.63) is 53.1 Å². The summed E-state index contributed by atoms with van der Waals surface area (Å²) in [7, 11) is 0. The summed E-state index contributed by atoms with van der Waals surface area (Å²) in [6, 6.07) is 11.0. The van der Waals surface area contributed by atoms with Crippen LogP contribution in [0.25, 0.3) is 11.1 Å². The average Bonchev–Trinajstić information content (AvgIpc) is 2.37. The highest BCUT2D eigenvalue weighted by molar-refractivity contribution is 6.30. The molecule has 0 fully saturated rings. The highest BCUT2D eigenvalue weighted by Crippen LogP contribution is 2.31. The molecule has 0 atom stereocenters. The van der Waals surface area contributed by atoms with Crippen LogP contribution in [0.2, 0.25) is 5.02 Å². The second-order valence-electron chi connectivity index (χ2n) is 3.91. The molecule has 0 N–H and O–H groups in total. The number of hydrogen-bond donors (Lipinski definition) is 0. The summed E-state index contributed by atoms with van der Waals surface area (Å²) in [5.41, 5.74) is 1.31. The van der Waals surface area contributed by atoms with Crippen LogP contribution in [0, 0.1) is 12.3 Å². The molecule has 0 aromatic heterocycles. The molecule has 20 heavy (non-hydrogen) atoms. The van der Waals surface area contributed by atoms with E-state index in [0.29, 0.717) is 16.1 Å². The molecule has 0 heterocycles. The zero-order valence-electron chi connectivity index (χ0n) is 10.0. The number of rotatable bonds is 2. The van der Waals surface area contributed by atoms with Crippen LogP contribution >= 0.6 is 11.6 Å². The van der Waals surface area contributed by atoms with Gasteiger partial charge in [-0.25, -0.2) is 0 Å². The van der Waals surface area contributed by atoms with Crippen LogP contribution < -0.4 is 4.74 Å². The third-order valence-electron chi connectivity index (χ3n) is 2.54. The van der Waals surface area contributed by atoms with Gasteiger partial charge in [0, 0.05) is 5.02 Å². The molecule has 102 valence electrons. The van der Waals surface area contributed by atoms with Gasteiger partial charge in [0.15, 0.2) is 0 Å². The van der Waals surface area contributed by atoms with Crippen molar-refractivity contribution in [3.63, 3.8) is 0 Å². The second-order valence-corrected chi connectivity index (χ2v) is 4.35. The summed E-state index contributed by atoms with van der Waals surface area (Å²) in [5.74, 6) is 1.76. The Hall–Kier alpha value is -2.12. The molecule has 0 radical (unpaired) electrons. The van der Waals surface area contributed by atoms with Crippen molar-refractivity contribution in [2.24, 2.45) is 0 Å². The Kier molecular flexibility index (Phi) is 3.91. The van der Waals surface area contributed by atoms with Gasteiger partial charge in [0.05, 0.1) is 5.56 Å². The molecule has 0 amide bonds. The maximum atomic E-state index is 12.3. The van der Waals surface area contributed by atoms with Gasteiger partial charge in [-0.1, -0.05) is 35.7 Å². The van der Waals surface area contributed by atoms with E-state index >= 15 is 0 Å². The Bertz CT molecular complexity index is 654. The standard InChI is InChI=1S/C15H8ClF3O/c1-2-10-3-4-12(9-14(10)20-15(17,18)19)11-5-7-13(16)8-6-11/h1,3-9H. The monoisotopic (exact) mass is 296 g/mol. The molecule has 0 bridgehead atoms. The quantitative estimate of drug-likeness (QED) is 0.717. The van der Waals surface area contributed by atoms with E-state index in [1.54, 1.807) is 30.3 Å². The van der Waals surface area contributed by atoms with Crippen LogP contribution in [-0.2, 0) is 0 Å². The molecule has 0 spiro atoms. The van der Waals surface area contributed by atoms with Crippen molar-refractivity contribution >= 4 is 11.6 Å². The highest BCUT2D eigenvalue weighted by atomic mass is 35.5. The SMILES string of the molecule is C#Cc1ccc(-c2ccc(Cl)cc2)cc1OC(F)(F)F.